The lowest BCUT2D eigenvalue weighted by atomic mass is 9.73. The molecular formula is C66H77FN12O8. The Morgan fingerprint density at radius 1 is 0.747 bits per heavy atom. The van der Waals surface area contributed by atoms with Crippen LogP contribution < -0.4 is 26.2 Å². The fourth-order valence-electron chi connectivity index (χ4n) is 15.2. The third-order valence-corrected chi connectivity index (χ3v) is 20.1. The average Bonchev–Trinajstić information content (AvgIpc) is 1.58. The van der Waals surface area contributed by atoms with E-state index >= 15 is 9.18 Å². The number of hydrogen-bond acceptors (Lipinski definition) is 13. The Hall–Kier alpha value is -8.07. The van der Waals surface area contributed by atoms with Crippen LogP contribution in [0.25, 0.3) is 22.3 Å². The first kappa shape index (κ1) is 58.0. The van der Waals surface area contributed by atoms with Crippen LogP contribution in [0.4, 0.5) is 27.3 Å². The fraction of sp³-hybridized carbons (Fsp3) is 0.515. The number of amides is 8. The highest BCUT2D eigenvalue weighted by atomic mass is 19.1. The number of pyridine rings is 1. The lowest BCUT2D eigenvalue weighted by Gasteiger charge is -2.48. The van der Waals surface area contributed by atoms with Gasteiger partial charge in [0.05, 0.1) is 45.7 Å². The fourth-order valence-corrected chi connectivity index (χ4v) is 15.2. The molecule has 0 bridgehead atoms. The molecule has 0 radical (unpaired) electrons. The van der Waals surface area contributed by atoms with E-state index < -0.39 is 40.9 Å². The molecule has 6 fully saturated rings. The van der Waals surface area contributed by atoms with Crippen LogP contribution in [-0.4, -0.2) is 151 Å². The molecule has 20 nitrogen and oxygen atoms in total. The van der Waals surface area contributed by atoms with Crippen molar-refractivity contribution in [1.82, 2.24) is 44.8 Å². The number of aromatic nitrogens is 3. The van der Waals surface area contributed by atoms with E-state index in [2.05, 4.69) is 43.2 Å². The standard InChI is InChI=1S/C66H77FN12O8/c1-36(2)69-59(81)47-32-52(50(67)27-38(47)5)72-58-57-53(68-35-77(57)37(3)4)33-51(71-58)40-11-16-49-55(28-40)78(45-30-44(31-45)74-22-7-6-8-23-74)65(87)66(49)20-25-75(26-21-66)62(84)41-19-24-76(34-41)61(83)39-9-12-42(13-10-39)70-43-14-15-46-48(29-43)64(86)79(63(46)85)54-17-18-56(80)73-60(54)82/h11,14-16,27-29,32-33,35-37,39,41-42,44-45,54,70H,6-10,12-13,17-26,30-31,34H2,1-5H3,(H,69,81)(H,71,72)(H,73,80,82)/t39-,41-,42-,44-,45+,54?/m1/s1. The van der Waals surface area contributed by atoms with Crippen molar-refractivity contribution in [2.75, 3.05) is 54.8 Å². The zero-order valence-corrected chi connectivity index (χ0v) is 50.3. The SMILES string of the molecule is Cc1cc(F)c(Nc2nc(-c3ccc4c(c3)N([C@H]3C[C@@H](N5CCCCC5)C3)C(=O)C43CCN(C(=O)[C@@H]4CCN(C(=O)[C@H]5CC[C@H](Nc6ccc7c(c6)C(=O)N(C6CCC(=O)NC6=O)C7=O)CC5)C4)CC3)cc3ncn(C(C)C)c23)cc1C(=O)NC(C)C. The molecule has 87 heavy (non-hydrogen) atoms. The third kappa shape index (κ3) is 10.5. The summed E-state index contributed by atoms with van der Waals surface area (Å²) >= 11 is 0. The summed E-state index contributed by atoms with van der Waals surface area (Å²) < 4.78 is 18.0. The summed E-state index contributed by atoms with van der Waals surface area (Å²) in [4.78, 5) is 128. The second-order valence-electron chi connectivity index (χ2n) is 26.2. The highest BCUT2D eigenvalue weighted by Crippen LogP contribution is 2.53. The van der Waals surface area contributed by atoms with Crippen LogP contribution in [-0.2, 0) is 29.4 Å². The van der Waals surface area contributed by atoms with E-state index in [1.165, 1.54) is 31.4 Å². The van der Waals surface area contributed by atoms with E-state index in [1.54, 1.807) is 31.5 Å². The van der Waals surface area contributed by atoms with Gasteiger partial charge in [-0.05, 0) is 178 Å². The van der Waals surface area contributed by atoms with Crippen LogP contribution in [0, 0.1) is 24.6 Å². The second-order valence-corrected chi connectivity index (χ2v) is 26.2. The smallest absolute Gasteiger partial charge is 0.262 e. The van der Waals surface area contributed by atoms with E-state index in [9.17, 15) is 33.6 Å². The summed E-state index contributed by atoms with van der Waals surface area (Å²) in [5.41, 5.74) is 5.74. The zero-order chi connectivity index (χ0) is 60.7. The van der Waals surface area contributed by atoms with Crippen molar-refractivity contribution < 1.29 is 42.7 Å². The number of anilines is 4. The number of imide groups is 2. The van der Waals surface area contributed by atoms with Crippen LogP contribution in [0.15, 0.2) is 60.9 Å². The molecule has 2 aliphatic carbocycles. The van der Waals surface area contributed by atoms with Gasteiger partial charge in [-0.15, -0.1) is 0 Å². The zero-order valence-electron chi connectivity index (χ0n) is 50.3. The van der Waals surface area contributed by atoms with Gasteiger partial charge in [0.2, 0.25) is 29.5 Å². The van der Waals surface area contributed by atoms with E-state index in [0.29, 0.717) is 117 Å². The van der Waals surface area contributed by atoms with Gasteiger partial charge in [-0.1, -0.05) is 18.6 Å². The maximum Gasteiger partial charge on any atom is 0.262 e. The molecule has 1 spiro atoms. The predicted octanol–water partition coefficient (Wildman–Crippen LogP) is 8.15. The van der Waals surface area contributed by atoms with E-state index in [4.69, 9.17) is 9.97 Å². The number of carbonyl (C=O) groups is 8. The number of piperidine rings is 3. The van der Waals surface area contributed by atoms with Crippen LogP contribution >= 0.6 is 0 Å². The van der Waals surface area contributed by atoms with Crippen molar-refractivity contribution in [3.63, 3.8) is 0 Å². The molecule has 5 aromatic rings. The Morgan fingerprint density at radius 3 is 2.21 bits per heavy atom. The van der Waals surface area contributed by atoms with Crippen molar-refractivity contribution in [2.24, 2.45) is 11.8 Å². The minimum absolute atomic E-state index is 0.000402. The van der Waals surface area contributed by atoms with Crippen LogP contribution in [0.3, 0.4) is 0 Å². The number of nitrogens with one attached hydrogen (secondary N) is 4. The number of likely N-dealkylation sites (tertiary alicyclic amines) is 3. The molecule has 2 aromatic heterocycles. The first-order valence-corrected chi connectivity index (χ1v) is 31.5. The van der Waals surface area contributed by atoms with Gasteiger partial charge >= 0.3 is 0 Å². The van der Waals surface area contributed by atoms with Crippen LogP contribution in [0.2, 0.25) is 0 Å². The van der Waals surface area contributed by atoms with Crippen molar-refractivity contribution in [2.45, 2.75) is 166 Å². The van der Waals surface area contributed by atoms with Crippen LogP contribution in [0.5, 0.6) is 0 Å². The minimum atomic E-state index is -1.04. The summed E-state index contributed by atoms with van der Waals surface area (Å²) in [6.07, 6.45) is 11.5. The Bertz CT molecular complexity index is 3660. The lowest BCUT2D eigenvalue weighted by molar-refractivity contribution is -0.140. The van der Waals surface area contributed by atoms with Gasteiger partial charge in [0.15, 0.2) is 5.82 Å². The van der Waals surface area contributed by atoms with Crippen molar-refractivity contribution in [1.29, 1.82) is 0 Å². The number of nitrogens with zero attached hydrogens (tertiary/aromatic N) is 8. The van der Waals surface area contributed by atoms with E-state index in [1.807, 2.05) is 54.2 Å². The Labute approximate surface area is 505 Å². The molecule has 4 saturated heterocycles. The molecule has 21 heteroatoms. The van der Waals surface area contributed by atoms with E-state index in [0.717, 1.165) is 47.6 Å². The molecule has 8 amide bonds. The largest absolute Gasteiger partial charge is 0.382 e. The summed E-state index contributed by atoms with van der Waals surface area (Å²) in [5.74, 6) is -3.00. The molecule has 456 valence electrons. The molecular weight excluding hydrogens is 1110 g/mol. The number of fused-ring (bicyclic) bond motifs is 4. The molecule has 8 heterocycles. The van der Waals surface area contributed by atoms with Gasteiger partial charge in [0.1, 0.15) is 17.4 Å². The first-order valence-electron chi connectivity index (χ1n) is 31.5. The average molecular weight is 1190 g/mol. The Balaban J connectivity index is 0.684. The monoisotopic (exact) mass is 1180 g/mol. The molecule has 1 unspecified atom stereocenters. The van der Waals surface area contributed by atoms with Gasteiger partial charge in [-0.2, -0.15) is 0 Å². The highest BCUT2D eigenvalue weighted by Gasteiger charge is 2.56. The highest BCUT2D eigenvalue weighted by molar-refractivity contribution is 6.24. The first-order chi connectivity index (χ1) is 41.8. The molecule has 8 aliphatic rings. The number of hydrogen-bond donors (Lipinski definition) is 4. The number of aryl methyl sites for hydroxylation is 1. The Kier molecular flexibility index (Phi) is 15.3. The van der Waals surface area contributed by atoms with Gasteiger partial charge < -0.3 is 40.1 Å². The quantitative estimate of drug-likeness (QED) is 0.0817. The number of rotatable bonds is 13. The number of imidazole rings is 1. The maximum atomic E-state index is 16.0. The maximum absolute atomic E-state index is 16.0. The molecule has 2 saturated carbocycles. The van der Waals surface area contributed by atoms with Crippen LogP contribution in [0.1, 0.15) is 166 Å². The molecule has 4 N–H and O–H groups in total. The van der Waals surface area contributed by atoms with Crippen molar-refractivity contribution in [3.8, 4) is 11.3 Å². The molecule has 6 aliphatic heterocycles. The number of halogens is 1. The molecule has 2 atom stereocenters. The summed E-state index contributed by atoms with van der Waals surface area (Å²) in [6.45, 7) is 13.4. The summed E-state index contributed by atoms with van der Waals surface area (Å²) in [7, 11) is 0. The summed E-state index contributed by atoms with van der Waals surface area (Å²) in [5, 5.41) is 11.9. The molecule has 3 aromatic carbocycles. The van der Waals surface area contributed by atoms with Gasteiger partial charge in [-0.25, -0.2) is 14.4 Å². The summed E-state index contributed by atoms with van der Waals surface area (Å²) in [6, 6.07) is 15.3. The second kappa shape index (κ2) is 22.9. The van der Waals surface area contributed by atoms with Gasteiger partial charge in [0, 0.05) is 91.2 Å². The normalized spacial score (nSPS) is 24.7. The van der Waals surface area contributed by atoms with Gasteiger partial charge in [0.25, 0.3) is 17.7 Å². The van der Waals surface area contributed by atoms with E-state index in [-0.39, 0.29) is 89.3 Å². The van der Waals surface area contributed by atoms with Crippen molar-refractivity contribution in [3.05, 3.63) is 94.6 Å². The lowest BCUT2D eigenvalue weighted by Crippen LogP contribution is -2.58. The third-order valence-electron chi connectivity index (χ3n) is 20.1. The molecule has 13 rings (SSSR count). The van der Waals surface area contributed by atoms with Gasteiger partial charge in [-0.3, -0.25) is 48.6 Å². The topological polar surface area (TPSA) is 232 Å². The van der Waals surface area contributed by atoms with Crippen molar-refractivity contribution >= 4 is 81.2 Å². The Morgan fingerprint density at radius 2 is 1.48 bits per heavy atom. The number of carbonyl (C=O) groups excluding carboxylic acids is 8. The number of benzene rings is 3. The predicted molar refractivity (Wildman–Crippen MR) is 325 cm³/mol. The minimum Gasteiger partial charge on any atom is -0.382 e.